The van der Waals surface area contributed by atoms with E-state index in [9.17, 15) is 9.59 Å². The van der Waals surface area contributed by atoms with E-state index in [0.29, 0.717) is 11.3 Å². The van der Waals surface area contributed by atoms with E-state index in [1.54, 1.807) is 24.3 Å². The van der Waals surface area contributed by atoms with Gasteiger partial charge in [0, 0.05) is 23.6 Å². The Morgan fingerprint density at radius 1 is 1.04 bits per heavy atom. The maximum absolute atomic E-state index is 12.8. The van der Waals surface area contributed by atoms with Crippen LogP contribution in [0.25, 0.3) is 10.9 Å². The highest BCUT2D eigenvalue weighted by atomic mass is 32.2. The molecule has 0 radical (unpaired) electrons. The predicted molar refractivity (Wildman–Crippen MR) is 112 cm³/mol. The van der Waals surface area contributed by atoms with Crippen LogP contribution >= 0.6 is 11.8 Å². The number of nitrogens with one attached hydrogen (secondary N) is 1. The fourth-order valence-electron chi connectivity index (χ4n) is 2.98. The van der Waals surface area contributed by atoms with Crippen molar-refractivity contribution < 1.29 is 9.59 Å². The molecule has 0 aliphatic rings. The molecule has 3 aromatic rings. The van der Waals surface area contributed by atoms with Gasteiger partial charge in [-0.15, -0.1) is 0 Å². The maximum atomic E-state index is 12.8. The molecule has 1 atom stereocenters. The lowest BCUT2D eigenvalue weighted by molar-refractivity contribution is -0.114. The van der Waals surface area contributed by atoms with Crippen LogP contribution < -0.4 is 5.32 Å². The van der Waals surface area contributed by atoms with Gasteiger partial charge in [0.05, 0.1) is 15.8 Å². The number of Topliss-reactive ketones (excluding diaryl/α,β-unsaturated/α-hetero) is 1. The van der Waals surface area contributed by atoms with E-state index < -0.39 is 0 Å². The van der Waals surface area contributed by atoms with Gasteiger partial charge in [-0.2, -0.15) is 0 Å². The van der Waals surface area contributed by atoms with Gasteiger partial charge in [-0.3, -0.25) is 9.59 Å². The van der Waals surface area contributed by atoms with Crippen molar-refractivity contribution in [2.24, 2.45) is 0 Å². The second-order valence-corrected chi connectivity index (χ2v) is 7.99. The third kappa shape index (κ3) is 4.37. The molecule has 3 rings (SSSR count). The molecule has 1 aromatic heterocycles. The number of thioether (sulfide) groups is 1. The Kier molecular flexibility index (Phi) is 5.61. The molecule has 0 spiro atoms. The van der Waals surface area contributed by atoms with Crippen molar-refractivity contribution in [2.75, 3.05) is 5.32 Å². The number of nitrogens with zero attached hydrogens (tertiary/aromatic N) is 1. The van der Waals surface area contributed by atoms with Gasteiger partial charge in [0.2, 0.25) is 5.91 Å². The predicted octanol–water partition coefficient (Wildman–Crippen LogP) is 5.17. The molecule has 0 saturated heterocycles. The first kappa shape index (κ1) is 19.1. The van der Waals surface area contributed by atoms with Gasteiger partial charge < -0.3 is 5.32 Å². The topological polar surface area (TPSA) is 59.1 Å². The number of aromatic nitrogens is 1. The summed E-state index contributed by atoms with van der Waals surface area (Å²) in [5, 5.41) is 4.44. The first-order valence-electron chi connectivity index (χ1n) is 8.80. The molecule has 1 amide bonds. The summed E-state index contributed by atoms with van der Waals surface area (Å²) in [6, 6.07) is 15.2. The number of hydrogen-bond donors (Lipinski definition) is 1. The maximum Gasteiger partial charge on any atom is 0.221 e. The molecule has 1 unspecified atom stereocenters. The van der Waals surface area contributed by atoms with Crippen LogP contribution in [0, 0.1) is 13.8 Å². The minimum Gasteiger partial charge on any atom is -0.326 e. The summed E-state index contributed by atoms with van der Waals surface area (Å²) in [6.07, 6.45) is 0. The summed E-state index contributed by atoms with van der Waals surface area (Å²) in [5.74, 6) is -0.0928. The van der Waals surface area contributed by atoms with E-state index in [1.807, 2.05) is 19.1 Å². The molecule has 27 heavy (non-hydrogen) atoms. The molecular weight excluding hydrogens is 356 g/mol. The molecule has 138 valence electrons. The number of ketones is 1. The summed E-state index contributed by atoms with van der Waals surface area (Å²) in [4.78, 5) is 28.6. The van der Waals surface area contributed by atoms with Gasteiger partial charge in [-0.1, -0.05) is 30.0 Å². The first-order chi connectivity index (χ1) is 12.8. The van der Waals surface area contributed by atoms with Crippen molar-refractivity contribution in [2.45, 2.75) is 38.0 Å². The summed E-state index contributed by atoms with van der Waals surface area (Å²) in [7, 11) is 0. The van der Waals surface area contributed by atoms with Gasteiger partial charge in [0.1, 0.15) is 0 Å². The fourth-order valence-corrected chi connectivity index (χ4v) is 3.98. The molecule has 0 bridgehead atoms. The lowest BCUT2D eigenvalue weighted by atomic mass is 10.1. The van der Waals surface area contributed by atoms with Crippen molar-refractivity contribution in [3.05, 3.63) is 65.2 Å². The quantitative estimate of drug-likeness (QED) is 0.491. The summed E-state index contributed by atoms with van der Waals surface area (Å²) >= 11 is 1.47. The molecule has 0 saturated carbocycles. The molecule has 2 aromatic carbocycles. The second kappa shape index (κ2) is 7.92. The van der Waals surface area contributed by atoms with E-state index in [-0.39, 0.29) is 16.9 Å². The van der Waals surface area contributed by atoms with Crippen molar-refractivity contribution in [3.8, 4) is 0 Å². The van der Waals surface area contributed by atoms with E-state index in [0.717, 1.165) is 27.1 Å². The van der Waals surface area contributed by atoms with Crippen molar-refractivity contribution in [1.82, 2.24) is 4.98 Å². The van der Waals surface area contributed by atoms with Crippen LogP contribution in [0.1, 0.15) is 35.3 Å². The van der Waals surface area contributed by atoms with E-state index in [2.05, 4.69) is 31.3 Å². The fraction of sp³-hybridized carbons (Fsp3) is 0.227. The van der Waals surface area contributed by atoms with E-state index in [4.69, 9.17) is 4.98 Å². The highest BCUT2D eigenvalue weighted by Gasteiger charge is 2.18. The minimum absolute atomic E-state index is 0.0405. The molecule has 0 fully saturated rings. The van der Waals surface area contributed by atoms with Crippen LogP contribution in [-0.2, 0) is 4.79 Å². The Bertz CT molecular complexity index is 1010. The van der Waals surface area contributed by atoms with Crippen LogP contribution in [0.3, 0.4) is 0 Å². The van der Waals surface area contributed by atoms with Gasteiger partial charge in [0.25, 0.3) is 0 Å². The Balaban J connectivity index is 1.79. The van der Waals surface area contributed by atoms with Crippen molar-refractivity contribution in [1.29, 1.82) is 0 Å². The van der Waals surface area contributed by atoms with Crippen LogP contribution in [0.15, 0.2) is 53.6 Å². The van der Waals surface area contributed by atoms with Crippen LogP contribution in [0.4, 0.5) is 5.69 Å². The monoisotopic (exact) mass is 378 g/mol. The van der Waals surface area contributed by atoms with E-state index in [1.165, 1.54) is 18.7 Å². The van der Waals surface area contributed by atoms with Crippen LogP contribution in [0.2, 0.25) is 0 Å². The number of carbonyl (C=O) groups excluding carboxylic acids is 2. The number of rotatable bonds is 5. The smallest absolute Gasteiger partial charge is 0.221 e. The average Bonchev–Trinajstić information content (AvgIpc) is 2.62. The minimum atomic E-state index is -0.259. The molecule has 4 nitrogen and oxygen atoms in total. The number of fused-ring (bicyclic) bond motifs is 1. The third-order valence-electron chi connectivity index (χ3n) is 4.38. The molecule has 0 aliphatic heterocycles. The Hall–Kier alpha value is -2.66. The van der Waals surface area contributed by atoms with Crippen molar-refractivity contribution >= 4 is 40.0 Å². The molecular formula is C22H22N2O2S. The van der Waals surface area contributed by atoms with E-state index >= 15 is 0 Å². The lowest BCUT2D eigenvalue weighted by Crippen LogP contribution is -2.14. The summed E-state index contributed by atoms with van der Waals surface area (Å²) < 4.78 is 0. The summed E-state index contributed by atoms with van der Waals surface area (Å²) in [5.41, 5.74) is 4.58. The number of para-hydroxylation sites is 1. The normalized spacial score (nSPS) is 12.0. The van der Waals surface area contributed by atoms with Crippen molar-refractivity contribution in [3.63, 3.8) is 0 Å². The zero-order valence-corrected chi connectivity index (χ0v) is 16.7. The third-order valence-corrected chi connectivity index (χ3v) is 5.40. The number of pyridine rings is 1. The van der Waals surface area contributed by atoms with Gasteiger partial charge >= 0.3 is 0 Å². The average molecular weight is 378 g/mol. The number of hydrogen-bond acceptors (Lipinski definition) is 4. The second-order valence-electron chi connectivity index (χ2n) is 6.63. The van der Waals surface area contributed by atoms with Gasteiger partial charge in [0.15, 0.2) is 5.78 Å². The zero-order valence-electron chi connectivity index (χ0n) is 15.9. The molecule has 1 heterocycles. The SMILES string of the molecule is CC(=O)Nc1ccc(C(=O)C(C)Sc2cc(C)c3cccc(C)c3n2)cc1. The lowest BCUT2D eigenvalue weighted by Gasteiger charge is -2.13. The van der Waals surface area contributed by atoms with Gasteiger partial charge in [-0.05, 0) is 62.2 Å². The number of aryl methyl sites for hydroxylation is 2. The summed E-state index contributed by atoms with van der Waals surface area (Å²) in [6.45, 7) is 7.47. The molecule has 0 aliphatic carbocycles. The number of amides is 1. The first-order valence-corrected chi connectivity index (χ1v) is 9.68. The van der Waals surface area contributed by atoms with Crippen LogP contribution in [-0.4, -0.2) is 21.9 Å². The molecule has 5 heteroatoms. The standard InChI is InChI=1S/C22H22N2O2S/c1-13-6-5-7-19-14(2)12-20(24-21(13)19)27-15(3)22(26)17-8-10-18(11-9-17)23-16(4)25/h5-12,15H,1-4H3,(H,23,25). The Labute approximate surface area is 163 Å². The number of benzene rings is 2. The number of anilines is 1. The van der Waals surface area contributed by atoms with Gasteiger partial charge in [-0.25, -0.2) is 4.98 Å². The Morgan fingerprint density at radius 3 is 2.41 bits per heavy atom. The highest BCUT2D eigenvalue weighted by molar-refractivity contribution is 8.00. The molecule has 1 N–H and O–H groups in total. The highest BCUT2D eigenvalue weighted by Crippen LogP contribution is 2.29. The zero-order chi connectivity index (χ0) is 19.6. The van der Waals surface area contributed by atoms with Crippen LogP contribution in [0.5, 0.6) is 0 Å². The Morgan fingerprint density at radius 2 is 1.74 bits per heavy atom. The largest absolute Gasteiger partial charge is 0.326 e. The number of carbonyl (C=O) groups is 2.